The summed E-state index contributed by atoms with van der Waals surface area (Å²) in [5.74, 6) is 0.608. The zero-order valence-electron chi connectivity index (χ0n) is 14.2. The van der Waals surface area contributed by atoms with Crippen molar-refractivity contribution in [2.75, 3.05) is 20.7 Å². The van der Waals surface area contributed by atoms with E-state index in [0.29, 0.717) is 18.9 Å². The van der Waals surface area contributed by atoms with Crippen LogP contribution in [0.3, 0.4) is 0 Å². The molecule has 0 atom stereocenters. The van der Waals surface area contributed by atoms with Crippen LogP contribution in [0.25, 0.3) is 0 Å². The third kappa shape index (κ3) is 3.89. The minimum atomic E-state index is -0.0463. The first kappa shape index (κ1) is 17.0. The maximum Gasteiger partial charge on any atom is 0.305 e. The van der Waals surface area contributed by atoms with Gasteiger partial charge in [-0.1, -0.05) is 30.3 Å². The van der Waals surface area contributed by atoms with Crippen molar-refractivity contribution < 1.29 is 9.53 Å². The van der Waals surface area contributed by atoms with E-state index < -0.39 is 0 Å². The van der Waals surface area contributed by atoms with Crippen LogP contribution in [0.4, 0.5) is 0 Å². The Kier molecular flexibility index (Phi) is 6.01. The molecule has 3 heteroatoms. The average Bonchev–Trinajstić information content (AvgIpc) is 2.54. The third-order valence-electron chi connectivity index (χ3n) is 5.16. The summed E-state index contributed by atoms with van der Waals surface area (Å²) in [5.41, 5.74) is 1.57. The van der Waals surface area contributed by atoms with Gasteiger partial charge in [-0.15, -0.1) is 0 Å². The highest BCUT2D eigenvalue weighted by Gasteiger charge is 2.38. The number of ether oxygens (including phenoxy) is 1. The molecule has 0 saturated heterocycles. The van der Waals surface area contributed by atoms with Gasteiger partial charge in [-0.05, 0) is 64.6 Å². The van der Waals surface area contributed by atoms with Crippen molar-refractivity contribution in [2.45, 2.75) is 51.0 Å². The molecule has 0 radical (unpaired) electrons. The van der Waals surface area contributed by atoms with Gasteiger partial charge in [0, 0.05) is 12.0 Å². The summed E-state index contributed by atoms with van der Waals surface area (Å²) in [4.78, 5) is 13.9. The van der Waals surface area contributed by atoms with Gasteiger partial charge >= 0.3 is 5.97 Å². The molecule has 0 aromatic heterocycles. The molecule has 0 heterocycles. The van der Waals surface area contributed by atoms with Gasteiger partial charge in [0.25, 0.3) is 0 Å². The third-order valence-corrected chi connectivity index (χ3v) is 5.16. The van der Waals surface area contributed by atoms with E-state index in [9.17, 15) is 4.79 Å². The lowest BCUT2D eigenvalue weighted by Crippen LogP contribution is -2.44. The molecule has 1 fully saturated rings. The number of esters is 1. The summed E-state index contributed by atoms with van der Waals surface area (Å²) in [6.07, 6.45) is 6.24. The molecule has 122 valence electrons. The molecule has 3 nitrogen and oxygen atoms in total. The van der Waals surface area contributed by atoms with Crippen molar-refractivity contribution in [3.8, 4) is 0 Å². The Morgan fingerprint density at radius 3 is 2.41 bits per heavy atom. The van der Waals surface area contributed by atoms with Gasteiger partial charge < -0.3 is 4.74 Å². The molecule has 0 unspecified atom stereocenters. The predicted molar refractivity (Wildman–Crippen MR) is 89.6 cm³/mol. The van der Waals surface area contributed by atoms with Crippen LogP contribution in [-0.4, -0.2) is 31.6 Å². The fourth-order valence-electron chi connectivity index (χ4n) is 3.74. The first-order valence-corrected chi connectivity index (χ1v) is 8.47. The molecule has 1 aromatic carbocycles. The largest absolute Gasteiger partial charge is 0.466 e. The molecule has 1 aliphatic rings. The molecule has 0 aliphatic heterocycles. The van der Waals surface area contributed by atoms with Gasteiger partial charge in [0.2, 0.25) is 0 Å². The van der Waals surface area contributed by atoms with E-state index in [1.807, 2.05) is 6.92 Å². The molecular weight excluding hydrogens is 274 g/mol. The minimum Gasteiger partial charge on any atom is -0.466 e. The van der Waals surface area contributed by atoms with E-state index in [1.54, 1.807) is 0 Å². The highest BCUT2D eigenvalue weighted by molar-refractivity contribution is 5.69. The lowest BCUT2D eigenvalue weighted by Gasteiger charge is -2.45. The number of nitrogens with zero attached hydrogens (tertiary/aromatic N) is 1. The SMILES string of the molecule is CCOC(=O)CCC1CCC(c2ccccc2)(N(C)C)CC1. The fourth-order valence-corrected chi connectivity index (χ4v) is 3.74. The van der Waals surface area contributed by atoms with E-state index in [-0.39, 0.29) is 11.5 Å². The van der Waals surface area contributed by atoms with Crippen molar-refractivity contribution in [3.05, 3.63) is 35.9 Å². The fraction of sp³-hybridized carbons (Fsp3) is 0.632. The number of benzene rings is 1. The highest BCUT2D eigenvalue weighted by atomic mass is 16.5. The summed E-state index contributed by atoms with van der Waals surface area (Å²) in [7, 11) is 4.37. The lowest BCUT2D eigenvalue weighted by atomic mass is 9.71. The van der Waals surface area contributed by atoms with Crippen LogP contribution in [0.5, 0.6) is 0 Å². The maximum absolute atomic E-state index is 11.5. The Hall–Kier alpha value is -1.35. The Balaban J connectivity index is 1.95. The summed E-state index contributed by atoms with van der Waals surface area (Å²) in [6, 6.07) is 10.8. The Morgan fingerprint density at radius 1 is 1.23 bits per heavy atom. The van der Waals surface area contributed by atoms with E-state index in [1.165, 1.54) is 18.4 Å². The van der Waals surface area contributed by atoms with Gasteiger partial charge in [0.1, 0.15) is 0 Å². The molecule has 22 heavy (non-hydrogen) atoms. The van der Waals surface area contributed by atoms with Crippen molar-refractivity contribution >= 4 is 5.97 Å². The molecule has 0 N–H and O–H groups in total. The Bertz CT molecular complexity index is 462. The van der Waals surface area contributed by atoms with Crippen LogP contribution >= 0.6 is 0 Å². The topological polar surface area (TPSA) is 29.5 Å². The zero-order chi connectivity index (χ0) is 16.0. The predicted octanol–water partition coefficient (Wildman–Crippen LogP) is 3.98. The van der Waals surface area contributed by atoms with E-state index in [0.717, 1.165) is 19.3 Å². The normalized spacial score (nSPS) is 25.2. The van der Waals surface area contributed by atoms with Crippen molar-refractivity contribution in [1.29, 1.82) is 0 Å². The van der Waals surface area contributed by atoms with E-state index in [2.05, 4.69) is 49.3 Å². The van der Waals surface area contributed by atoms with Gasteiger partial charge in [0.05, 0.1) is 6.61 Å². The summed E-state index contributed by atoms with van der Waals surface area (Å²) in [5, 5.41) is 0. The van der Waals surface area contributed by atoms with Crippen molar-refractivity contribution in [2.24, 2.45) is 5.92 Å². The smallest absolute Gasteiger partial charge is 0.305 e. The quantitative estimate of drug-likeness (QED) is 0.745. The molecule has 0 spiro atoms. The first-order valence-electron chi connectivity index (χ1n) is 8.47. The number of carbonyl (C=O) groups excluding carboxylic acids is 1. The highest BCUT2D eigenvalue weighted by Crippen LogP contribution is 2.44. The Labute approximate surface area is 134 Å². The summed E-state index contributed by atoms with van der Waals surface area (Å²) < 4.78 is 5.03. The van der Waals surface area contributed by atoms with Gasteiger partial charge in [-0.2, -0.15) is 0 Å². The lowest BCUT2D eigenvalue weighted by molar-refractivity contribution is -0.143. The van der Waals surface area contributed by atoms with Crippen molar-refractivity contribution in [1.82, 2.24) is 4.90 Å². The van der Waals surface area contributed by atoms with E-state index in [4.69, 9.17) is 4.74 Å². The molecule has 1 aliphatic carbocycles. The number of rotatable bonds is 6. The number of carbonyl (C=O) groups is 1. The van der Waals surface area contributed by atoms with Crippen LogP contribution < -0.4 is 0 Å². The second-order valence-electron chi connectivity index (χ2n) is 6.58. The molecule has 0 amide bonds. The van der Waals surface area contributed by atoms with Crippen LogP contribution in [0.15, 0.2) is 30.3 Å². The summed E-state index contributed by atoms with van der Waals surface area (Å²) in [6.45, 7) is 2.35. The minimum absolute atomic E-state index is 0.0463. The van der Waals surface area contributed by atoms with Crippen LogP contribution in [0.2, 0.25) is 0 Å². The van der Waals surface area contributed by atoms with Gasteiger partial charge in [0.15, 0.2) is 0 Å². The molecular formula is C19H29NO2. The monoisotopic (exact) mass is 303 g/mol. The number of hydrogen-bond donors (Lipinski definition) is 0. The average molecular weight is 303 g/mol. The van der Waals surface area contributed by atoms with E-state index >= 15 is 0 Å². The van der Waals surface area contributed by atoms with Crippen LogP contribution in [-0.2, 0) is 15.1 Å². The standard InChI is InChI=1S/C19H29NO2/c1-4-22-18(21)11-10-16-12-14-19(15-13-16,20(2)3)17-8-6-5-7-9-17/h5-9,16H,4,10-15H2,1-3H3. The number of hydrogen-bond acceptors (Lipinski definition) is 3. The first-order chi connectivity index (χ1) is 10.6. The molecule has 1 aromatic rings. The van der Waals surface area contributed by atoms with Crippen molar-refractivity contribution in [3.63, 3.8) is 0 Å². The Morgan fingerprint density at radius 2 is 1.86 bits per heavy atom. The second kappa shape index (κ2) is 7.77. The van der Waals surface area contributed by atoms with Gasteiger partial charge in [-0.3, -0.25) is 9.69 Å². The molecule has 2 rings (SSSR count). The maximum atomic E-state index is 11.5. The molecule has 1 saturated carbocycles. The second-order valence-corrected chi connectivity index (χ2v) is 6.58. The zero-order valence-corrected chi connectivity index (χ0v) is 14.2. The summed E-state index contributed by atoms with van der Waals surface area (Å²) >= 11 is 0. The van der Waals surface area contributed by atoms with Crippen LogP contribution in [0, 0.1) is 5.92 Å². The molecule has 0 bridgehead atoms. The van der Waals surface area contributed by atoms with Crippen LogP contribution in [0.1, 0.15) is 51.0 Å². The van der Waals surface area contributed by atoms with Gasteiger partial charge in [-0.25, -0.2) is 0 Å².